The summed E-state index contributed by atoms with van der Waals surface area (Å²) in [5.41, 5.74) is 2.96. The zero-order valence-corrected chi connectivity index (χ0v) is 12.8. The highest BCUT2D eigenvalue weighted by Crippen LogP contribution is 2.37. The number of ether oxygens (including phenoxy) is 1. The fourth-order valence-corrected chi connectivity index (χ4v) is 3.07. The highest BCUT2D eigenvalue weighted by Gasteiger charge is 2.29. The smallest absolute Gasteiger partial charge is 0.135 e. The molecule has 1 aliphatic rings. The maximum atomic E-state index is 6.28. The maximum Gasteiger partial charge on any atom is 0.135 e. The third-order valence-electron chi connectivity index (χ3n) is 4.04. The Hall–Kier alpha value is -2.48. The topological polar surface area (TPSA) is 22.4 Å². The molecule has 2 aromatic carbocycles. The van der Waals surface area contributed by atoms with Crippen molar-refractivity contribution in [2.24, 2.45) is 0 Å². The molecule has 0 fully saturated rings. The predicted molar refractivity (Wildman–Crippen MR) is 89.4 cm³/mol. The van der Waals surface area contributed by atoms with Crippen LogP contribution in [0.1, 0.15) is 30.7 Å². The zero-order valence-electron chi connectivity index (χ0n) is 12.8. The van der Waals surface area contributed by atoms with E-state index in [0.29, 0.717) is 0 Å². The van der Waals surface area contributed by atoms with Crippen molar-refractivity contribution in [3.05, 3.63) is 71.5 Å². The molecule has 0 saturated heterocycles. The maximum absolute atomic E-state index is 6.28. The van der Waals surface area contributed by atoms with E-state index in [4.69, 9.17) is 9.15 Å². The van der Waals surface area contributed by atoms with E-state index in [1.54, 1.807) is 0 Å². The molecule has 2 nitrogen and oxygen atoms in total. The number of hydrogen-bond donors (Lipinski definition) is 0. The zero-order chi connectivity index (χ0) is 15.2. The van der Waals surface area contributed by atoms with Gasteiger partial charge in [0.05, 0.1) is 0 Å². The van der Waals surface area contributed by atoms with E-state index in [0.717, 1.165) is 29.1 Å². The molecule has 1 aliphatic heterocycles. The van der Waals surface area contributed by atoms with E-state index in [2.05, 4.69) is 38.1 Å². The van der Waals surface area contributed by atoms with Gasteiger partial charge in [-0.15, -0.1) is 0 Å². The quantitative estimate of drug-likeness (QED) is 0.608. The van der Waals surface area contributed by atoms with Gasteiger partial charge in [0.1, 0.15) is 22.7 Å². The highest BCUT2D eigenvalue weighted by atomic mass is 16.5. The van der Waals surface area contributed by atoms with Crippen LogP contribution in [0.5, 0.6) is 0 Å². The average Bonchev–Trinajstić information content (AvgIpc) is 2.77. The number of para-hydroxylation sites is 1. The first-order valence-corrected chi connectivity index (χ1v) is 7.59. The summed E-state index contributed by atoms with van der Waals surface area (Å²) >= 11 is 0. The molecule has 0 aliphatic carbocycles. The Morgan fingerprint density at radius 3 is 2.45 bits per heavy atom. The number of fused-ring (bicyclic) bond motifs is 3. The first kappa shape index (κ1) is 13.2. The molecule has 2 heterocycles. The molecule has 0 spiro atoms. The van der Waals surface area contributed by atoms with Crippen LogP contribution in [0.2, 0.25) is 0 Å². The van der Waals surface area contributed by atoms with Gasteiger partial charge >= 0.3 is 0 Å². The SMILES string of the molecule is CC1(C)Cc2c(oc3ccccc23)C=C(c2ccccc2)O1. The molecule has 0 atom stereocenters. The monoisotopic (exact) mass is 290 g/mol. The van der Waals surface area contributed by atoms with E-state index in [9.17, 15) is 0 Å². The van der Waals surface area contributed by atoms with Crippen LogP contribution >= 0.6 is 0 Å². The Morgan fingerprint density at radius 1 is 0.909 bits per heavy atom. The van der Waals surface area contributed by atoms with Gasteiger partial charge in [0, 0.05) is 29.0 Å². The van der Waals surface area contributed by atoms with E-state index < -0.39 is 0 Å². The molecule has 0 bridgehead atoms. The van der Waals surface area contributed by atoms with E-state index in [-0.39, 0.29) is 5.60 Å². The molecular weight excluding hydrogens is 272 g/mol. The van der Waals surface area contributed by atoms with Crippen LogP contribution in [-0.4, -0.2) is 5.60 Å². The average molecular weight is 290 g/mol. The summed E-state index contributed by atoms with van der Waals surface area (Å²) in [7, 11) is 0. The first-order valence-electron chi connectivity index (χ1n) is 7.59. The minimum Gasteiger partial charge on any atom is -0.487 e. The Morgan fingerprint density at radius 2 is 1.64 bits per heavy atom. The van der Waals surface area contributed by atoms with Gasteiger partial charge in [0.25, 0.3) is 0 Å². The van der Waals surface area contributed by atoms with Crippen molar-refractivity contribution in [1.29, 1.82) is 0 Å². The number of hydrogen-bond acceptors (Lipinski definition) is 2. The second-order valence-electron chi connectivity index (χ2n) is 6.35. The molecular formula is C20H18O2. The normalized spacial score (nSPS) is 16.5. The molecule has 4 rings (SSSR count). The van der Waals surface area contributed by atoms with Crippen LogP contribution in [0.3, 0.4) is 0 Å². The molecule has 110 valence electrons. The van der Waals surface area contributed by atoms with Crippen LogP contribution in [0.4, 0.5) is 0 Å². The third kappa shape index (κ3) is 2.21. The van der Waals surface area contributed by atoms with Crippen molar-refractivity contribution < 1.29 is 9.15 Å². The van der Waals surface area contributed by atoms with E-state index >= 15 is 0 Å². The summed E-state index contributed by atoms with van der Waals surface area (Å²) in [6.07, 6.45) is 2.85. The lowest BCUT2D eigenvalue weighted by molar-refractivity contribution is 0.0804. The second kappa shape index (κ2) is 4.77. The van der Waals surface area contributed by atoms with Crippen molar-refractivity contribution in [2.45, 2.75) is 25.9 Å². The van der Waals surface area contributed by atoms with Crippen LogP contribution < -0.4 is 0 Å². The first-order chi connectivity index (χ1) is 10.6. The minimum absolute atomic E-state index is 0.278. The predicted octanol–water partition coefficient (Wildman–Crippen LogP) is 5.28. The van der Waals surface area contributed by atoms with Gasteiger partial charge in [0.15, 0.2) is 0 Å². The van der Waals surface area contributed by atoms with Crippen molar-refractivity contribution in [1.82, 2.24) is 0 Å². The fraction of sp³-hybridized carbons (Fsp3) is 0.200. The molecule has 0 N–H and O–H groups in total. The van der Waals surface area contributed by atoms with Crippen molar-refractivity contribution >= 4 is 22.8 Å². The standard InChI is InChI=1S/C20H18O2/c1-20(2)13-16-15-10-6-7-11-17(15)21-19(16)12-18(22-20)14-8-4-3-5-9-14/h3-12H,13H2,1-2H3. The minimum atomic E-state index is -0.278. The number of benzene rings is 2. The van der Waals surface area contributed by atoms with Crippen molar-refractivity contribution in [3.8, 4) is 0 Å². The number of rotatable bonds is 1. The number of furan rings is 1. The van der Waals surface area contributed by atoms with E-state index in [1.165, 1.54) is 10.9 Å². The Labute approximate surface area is 130 Å². The molecule has 2 heteroatoms. The Kier molecular flexibility index (Phi) is 2.86. The van der Waals surface area contributed by atoms with Gasteiger partial charge in [-0.05, 0) is 19.9 Å². The summed E-state index contributed by atoms with van der Waals surface area (Å²) in [6, 6.07) is 18.4. The largest absolute Gasteiger partial charge is 0.487 e. The summed E-state index contributed by atoms with van der Waals surface area (Å²) in [5.74, 6) is 1.77. The van der Waals surface area contributed by atoms with Crippen LogP contribution in [0, 0.1) is 0 Å². The summed E-state index contributed by atoms with van der Waals surface area (Å²) in [4.78, 5) is 0. The lowest BCUT2D eigenvalue weighted by Gasteiger charge is -2.26. The Bertz CT molecular complexity index is 854. The molecule has 0 saturated carbocycles. The van der Waals surface area contributed by atoms with Gasteiger partial charge in [0.2, 0.25) is 0 Å². The molecule has 3 aromatic rings. The van der Waals surface area contributed by atoms with Gasteiger partial charge < -0.3 is 9.15 Å². The van der Waals surface area contributed by atoms with Gasteiger partial charge in [-0.1, -0.05) is 48.5 Å². The molecule has 0 unspecified atom stereocenters. The molecule has 0 amide bonds. The van der Waals surface area contributed by atoms with Crippen molar-refractivity contribution in [3.63, 3.8) is 0 Å². The Balaban J connectivity index is 1.94. The fourth-order valence-electron chi connectivity index (χ4n) is 3.07. The van der Waals surface area contributed by atoms with Gasteiger partial charge in [-0.3, -0.25) is 0 Å². The van der Waals surface area contributed by atoms with Gasteiger partial charge in [-0.2, -0.15) is 0 Å². The van der Waals surface area contributed by atoms with Crippen molar-refractivity contribution in [2.75, 3.05) is 0 Å². The lowest BCUT2D eigenvalue weighted by Crippen LogP contribution is -2.25. The molecule has 0 radical (unpaired) electrons. The van der Waals surface area contributed by atoms with E-state index in [1.807, 2.05) is 36.4 Å². The van der Waals surface area contributed by atoms with Crippen LogP contribution in [0.15, 0.2) is 59.0 Å². The third-order valence-corrected chi connectivity index (χ3v) is 4.04. The lowest BCUT2D eigenvalue weighted by atomic mass is 9.96. The summed E-state index contributed by atoms with van der Waals surface area (Å²) in [5, 5.41) is 1.18. The van der Waals surface area contributed by atoms with Gasteiger partial charge in [-0.25, -0.2) is 0 Å². The summed E-state index contributed by atoms with van der Waals surface area (Å²) in [6.45, 7) is 4.25. The second-order valence-corrected chi connectivity index (χ2v) is 6.35. The molecule has 1 aromatic heterocycles. The van der Waals surface area contributed by atoms with Crippen LogP contribution in [0.25, 0.3) is 22.8 Å². The summed E-state index contributed by atoms with van der Waals surface area (Å²) < 4.78 is 12.3. The molecule has 22 heavy (non-hydrogen) atoms. The van der Waals surface area contributed by atoms with Crippen LogP contribution in [-0.2, 0) is 11.2 Å². The highest BCUT2D eigenvalue weighted by molar-refractivity contribution is 5.88.